The molecule has 0 bridgehead atoms. The van der Waals surface area contributed by atoms with Gasteiger partial charge in [-0.2, -0.15) is 0 Å². The molecule has 0 aromatic heterocycles. The molecule has 3 unspecified atom stereocenters. The average Bonchev–Trinajstić information content (AvgIpc) is 0.785. The molecule has 3 atom stereocenters. The van der Waals surface area contributed by atoms with Gasteiger partial charge in [-0.25, -0.2) is 9.59 Å². The number of carbonyl (C=O) groups excluding carboxylic acids is 2. The quantitative estimate of drug-likeness (QED) is 0.0185. The minimum absolute atomic E-state index is 0.236. The van der Waals surface area contributed by atoms with Crippen LogP contribution in [0.3, 0.4) is 0 Å². The number of benzene rings is 6. The van der Waals surface area contributed by atoms with Crippen LogP contribution in [0.4, 0.5) is 26.7 Å². The van der Waals surface area contributed by atoms with Gasteiger partial charge in [-0.05, 0) is 110 Å². The second-order valence-electron chi connectivity index (χ2n) is 27.8. The van der Waals surface area contributed by atoms with Crippen molar-refractivity contribution in [2.75, 3.05) is 116 Å². The van der Waals surface area contributed by atoms with Crippen molar-refractivity contribution < 1.29 is 53.3 Å². The zero-order valence-corrected chi connectivity index (χ0v) is 62.7. The Balaban J connectivity index is 0.000000209. The second kappa shape index (κ2) is 35.7. The molecule has 3 aliphatic heterocycles. The number of carbonyl (C=O) groups is 2. The van der Waals surface area contributed by atoms with Crippen molar-refractivity contribution in [3.8, 4) is 34.5 Å². The van der Waals surface area contributed by atoms with E-state index in [1.807, 2.05) is 72.8 Å². The number of likely N-dealkylation sites (tertiary alicyclic amines) is 3. The summed E-state index contributed by atoms with van der Waals surface area (Å²) in [6.07, 6.45) is 6.32. The maximum atomic E-state index is 11.5. The molecule has 11 N–H and O–H groups in total. The highest BCUT2D eigenvalue weighted by atomic mass is 35.5. The van der Waals surface area contributed by atoms with Crippen LogP contribution in [-0.2, 0) is 19.3 Å². The Kier molecular flexibility index (Phi) is 29.0. The average molecular weight is 1490 g/mol. The number of primary amides is 2. The number of methoxy groups -OCH3 is 3. The maximum absolute atomic E-state index is 11.5. The summed E-state index contributed by atoms with van der Waals surface area (Å²) in [5.74, 6) is 2.91. The minimum atomic E-state index is -0.789. The van der Waals surface area contributed by atoms with Crippen molar-refractivity contribution in [3.05, 3.63) is 156 Å². The van der Waals surface area contributed by atoms with Gasteiger partial charge in [0.2, 0.25) is 0 Å². The molecular formula is C74H98Cl6N8O11. The monoisotopic (exact) mass is 1480 g/mol. The third-order valence-electron chi connectivity index (χ3n) is 19.3. The summed E-state index contributed by atoms with van der Waals surface area (Å²) in [7, 11) is 4.59. The fourth-order valence-corrected chi connectivity index (χ4v) is 14.2. The number of nitrogens with zero attached hydrogens (tertiary/aromatic N) is 3. The number of nitrogens with two attached hydrogens (primary N) is 3. The highest BCUT2D eigenvalue weighted by Crippen LogP contribution is 2.45. The molecular weight excluding hydrogens is 1390 g/mol. The van der Waals surface area contributed by atoms with E-state index in [-0.39, 0.29) is 16.2 Å². The van der Waals surface area contributed by atoms with Crippen molar-refractivity contribution >= 4 is 98.7 Å². The molecule has 3 heterocycles. The van der Waals surface area contributed by atoms with E-state index in [2.05, 4.69) is 66.9 Å². The van der Waals surface area contributed by atoms with E-state index in [4.69, 9.17) is 115 Å². The smallest absolute Gasteiger partial charge is 0.316 e. The van der Waals surface area contributed by atoms with Crippen molar-refractivity contribution in [2.45, 2.75) is 116 Å². The lowest BCUT2D eigenvalue weighted by molar-refractivity contribution is -0.118. The molecule has 25 heteroatoms. The van der Waals surface area contributed by atoms with Gasteiger partial charge in [-0.1, -0.05) is 148 Å². The number of amides is 4. The molecule has 0 aliphatic carbocycles. The maximum Gasteiger partial charge on any atom is 0.316 e. The Hall–Kier alpha value is -6.04. The molecule has 0 spiro atoms. The molecule has 0 saturated carbocycles. The Labute approximate surface area is 613 Å². The highest BCUT2D eigenvalue weighted by Gasteiger charge is 2.49. The molecule has 3 fully saturated rings. The van der Waals surface area contributed by atoms with Gasteiger partial charge >= 0.3 is 12.1 Å². The predicted octanol–water partition coefficient (Wildman–Crippen LogP) is 15.0. The fourth-order valence-electron chi connectivity index (χ4n) is 13.1. The van der Waals surface area contributed by atoms with E-state index in [0.717, 1.165) is 101 Å². The van der Waals surface area contributed by atoms with E-state index in [1.165, 1.54) is 14.2 Å². The van der Waals surface area contributed by atoms with Crippen LogP contribution >= 0.6 is 69.6 Å². The summed E-state index contributed by atoms with van der Waals surface area (Å²) in [5.41, 5.74) is 17.9. The summed E-state index contributed by atoms with van der Waals surface area (Å²) >= 11 is 36.4. The third kappa shape index (κ3) is 22.5. The first kappa shape index (κ1) is 80.3. The number of hydrogen-bond donors (Lipinski definition) is 8. The molecule has 542 valence electrons. The van der Waals surface area contributed by atoms with Gasteiger partial charge in [0, 0.05) is 128 Å². The lowest BCUT2D eigenvalue weighted by Gasteiger charge is -2.50. The number of anilines is 3. The van der Waals surface area contributed by atoms with Gasteiger partial charge in [-0.15, -0.1) is 0 Å². The van der Waals surface area contributed by atoms with Gasteiger partial charge in [0.05, 0.1) is 90.1 Å². The second-order valence-corrected chi connectivity index (χ2v) is 30.3. The van der Waals surface area contributed by atoms with Gasteiger partial charge in [0.25, 0.3) is 0 Å². The van der Waals surface area contributed by atoms with Crippen LogP contribution in [0.25, 0.3) is 0 Å². The van der Waals surface area contributed by atoms with Crippen LogP contribution in [0.15, 0.2) is 109 Å². The first-order chi connectivity index (χ1) is 46.7. The number of ether oxygens (including phenoxy) is 6. The third-order valence-corrected chi connectivity index (χ3v) is 21.0. The number of nitrogen functional groups attached to an aromatic ring is 1. The summed E-state index contributed by atoms with van der Waals surface area (Å²) in [6, 6.07) is 31.5. The first-order valence-corrected chi connectivity index (χ1v) is 35.4. The standard InChI is InChI=1S/2C25H33Cl2N3O4.C24H32Cl2N2O3/c2*1-24(2)16-30(11-9-25(24,32)15-17-5-7-18(26)8-6-17)10-4-12-34-22-14-21(33-3)19(27)13-20(22)29-23(28)31;1-23(2)16-28(11-9-24(23,29)15-17-5-7-18(25)8-6-17)10-4-12-31-22-14-21(30-3)19(26)13-20(22)27/h2*5-8,13-14,32H,4,9-12,15-16H2,1-3H3,(H3,28,29,31);5-8,13-14,29H,4,9-12,15-16,27H2,1-3H3. The van der Waals surface area contributed by atoms with Crippen molar-refractivity contribution in [3.63, 3.8) is 0 Å². The molecule has 6 aromatic carbocycles. The highest BCUT2D eigenvalue weighted by molar-refractivity contribution is 6.33. The summed E-state index contributed by atoms with van der Waals surface area (Å²) in [4.78, 5) is 29.7. The van der Waals surface area contributed by atoms with Crippen molar-refractivity contribution in [2.24, 2.45) is 27.7 Å². The molecule has 3 aliphatic rings. The van der Waals surface area contributed by atoms with Crippen molar-refractivity contribution in [1.82, 2.24) is 14.7 Å². The van der Waals surface area contributed by atoms with Gasteiger partial charge in [0.15, 0.2) is 0 Å². The number of aliphatic hydroxyl groups is 3. The zero-order valence-electron chi connectivity index (χ0n) is 58.2. The molecule has 3 saturated heterocycles. The number of piperidine rings is 3. The fraction of sp³-hybridized carbons (Fsp3) is 0.486. The van der Waals surface area contributed by atoms with Crippen LogP contribution in [0.2, 0.25) is 30.1 Å². The topological polar surface area (TPSA) is 262 Å². The molecule has 9 rings (SSSR count). The van der Waals surface area contributed by atoms with Crippen molar-refractivity contribution in [1.29, 1.82) is 0 Å². The molecule has 99 heavy (non-hydrogen) atoms. The minimum Gasteiger partial charge on any atom is -0.495 e. The van der Waals surface area contributed by atoms with Crippen LogP contribution < -0.4 is 56.3 Å². The number of rotatable bonds is 26. The summed E-state index contributed by atoms with van der Waals surface area (Å²) < 4.78 is 33.4. The molecule has 6 aromatic rings. The largest absolute Gasteiger partial charge is 0.495 e. The van der Waals surface area contributed by atoms with E-state index in [1.54, 1.807) is 43.5 Å². The lowest BCUT2D eigenvalue weighted by Crippen LogP contribution is -2.58. The number of urea groups is 2. The predicted molar refractivity (Wildman–Crippen MR) is 400 cm³/mol. The first-order valence-electron chi connectivity index (χ1n) is 33.2. The van der Waals surface area contributed by atoms with E-state index in [9.17, 15) is 24.9 Å². The van der Waals surface area contributed by atoms with E-state index < -0.39 is 28.9 Å². The number of nitrogens with one attached hydrogen (secondary N) is 2. The van der Waals surface area contributed by atoms with Crippen LogP contribution in [0.5, 0.6) is 34.5 Å². The zero-order chi connectivity index (χ0) is 72.5. The SMILES string of the molecule is COc1cc(OCCCN2CCC(O)(Cc3ccc(Cl)cc3)C(C)(C)C2)c(N)cc1Cl.COc1cc(OCCCN2CCC(O)(Cc3ccc(Cl)cc3)C(C)(C)C2)c(NC(N)=O)cc1Cl.COc1cc(OCCCN2CCC(O)(Cc3ccc(Cl)cc3)C(C)(C)C2)c(NC(N)=O)cc1Cl. The van der Waals surface area contributed by atoms with E-state index >= 15 is 0 Å². The summed E-state index contributed by atoms with van der Waals surface area (Å²) in [5, 5.41) is 42.7. The normalized spacial score (nSPS) is 20.4. The van der Waals surface area contributed by atoms with Crippen LogP contribution in [-0.4, -0.2) is 159 Å². The Bertz CT molecular complexity index is 3470. The van der Waals surface area contributed by atoms with Crippen LogP contribution in [0.1, 0.15) is 96.8 Å². The van der Waals surface area contributed by atoms with Crippen LogP contribution in [0, 0.1) is 16.2 Å². The number of halogens is 6. The molecule has 0 radical (unpaired) electrons. The molecule has 19 nitrogen and oxygen atoms in total. The lowest BCUT2D eigenvalue weighted by atomic mass is 9.67. The Morgan fingerprint density at radius 3 is 0.980 bits per heavy atom. The van der Waals surface area contributed by atoms with Gasteiger partial charge in [0.1, 0.15) is 34.5 Å². The number of hydrogen-bond acceptors (Lipinski definition) is 15. The Morgan fingerprint density at radius 2 is 0.707 bits per heavy atom. The van der Waals surface area contributed by atoms with Gasteiger partial charge in [-0.3, -0.25) is 0 Å². The van der Waals surface area contributed by atoms with Gasteiger partial charge < -0.3 is 86.3 Å². The summed E-state index contributed by atoms with van der Waals surface area (Å²) in [6.45, 7) is 21.6. The van der Waals surface area contributed by atoms with E-state index in [0.29, 0.717) is 134 Å². The molecule has 4 amide bonds. The Morgan fingerprint density at radius 1 is 0.434 bits per heavy atom.